The minimum Gasteiger partial charge on any atom is -0.366 e. The Bertz CT molecular complexity index is 1480. The number of carbonyl (C=O) groups is 1. The van der Waals surface area contributed by atoms with Crippen molar-refractivity contribution in [3.63, 3.8) is 0 Å². The number of rotatable bonds is 5. The van der Waals surface area contributed by atoms with Crippen LogP contribution in [0.25, 0.3) is 33.5 Å². The van der Waals surface area contributed by atoms with Crippen LogP contribution in [0, 0.1) is 6.92 Å². The van der Waals surface area contributed by atoms with Crippen molar-refractivity contribution in [2.75, 3.05) is 0 Å². The molecule has 0 bridgehead atoms. The molecule has 33 heavy (non-hydrogen) atoms. The summed E-state index contributed by atoms with van der Waals surface area (Å²) in [5.74, 6) is -0.230. The maximum absolute atomic E-state index is 11.6. The first-order valence-corrected chi connectivity index (χ1v) is 10.8. The monoisotopic (exact) mass is 436 g/mol. The number of nitrogens with two attached hydrogens (primary N) is 1. The molecule has 0 atom stereocenters. The second-order valence-electron chi connectivity index (χ2n) is 8.40. The third kappa shape index (κ3) is 3.57. The Morgan fingerprint density at radius 2 is 1.91 bits per heavy atom. The highest BCUT2D eigenvalue weighted by Crippen LogP contribution is 2.33. The topological polar surface area (TPSA) is 91.6 Å². The highest BCUT2D eigenvalue weighted by Gasteiger charge is 2.20. The van der Waals surface area contributed by atoms with E-state index >= 15 is 0 Å². The lowest BCUT2D eigenvalue weighted by Gasteiger charge is -2.10. The number of hydrogen-bond donors (Lipinski definition) is 1. The largest absolute Gasteiger partial charge is 0.366 e. The lowest BCUT2D eigenvalue weighted by atomic mass is 10.0. The first kappa shape index (κ1) is 20.6. The summed E-state index contributed by atoms with van der Waals surface area (Å²) in [4.78, 5) is 20.4. The van der Waals surface area contributed by atoms with Gasteiger partial charge in [0.1, 0.15) is 0 Å². The Balaban J connectivity index is 1.70. The van der Waals surface area contributed by atoms with Gasteiger partial charge >= 0.3 is 0 Å². The summed E-state index contributed by atoms with van der Waals surface area (Å²) >= 11 is 0. The van der Waals surface area contributed by atoms with Crippen molar-refractivity contribution in [1.82, 2.24) is 24.3 Å². The summed E-state index contributed by atoms with van der Waals surface area (Å²) < 4.78 is 3.98. The molecule has 0 aliphatic heterocycles. The van der Waals surface area contributed by atoms with Crippen molar-refractivity contribution < 1.29 is 4.79 Å². The van der Waals surface area contributed by atoms with Crippen LogP contribution >= 0.6 is 0 Å². The van der Waals surface area contributed by atoms with Gasteiger partial charge in [-0.3, -0.25) is 9.78 Å². The van der Waals surface area contributed by atoms with Crippen LogP contribution in [0.1, 0.15) is 41.4 Å². The fourth-order valence-electron chi connectivity index (χ4n) is 4.15. The van der Waals surface area contributed by atoms with Crippen LogP contribution in [0.4, 0.5) is 0 Å². The van der Waals surface area contributed by atoms with E-state index in [2.05, 4.69) is 35.9 Å². The molecule has 5 aromatic rings. The molecule has 0 radical (unpaired) electrons. The number of amides is 1. The van der Waals surface area contributed by atoms with Gasteiger partial charge in [-0.15, -0.1) is 0 Å². The Labute approximate surface area is 191 Å². The van der Waals surface area contributed by atoms with Crippen molar-refractivity contribution in [1.29, 1.82) is 0 Å². The SMILES string of the molecule is Cc1cc(C(N)=O)ccc1-n1nc(C(C)C)c2c(-n3cnc(-c4cccnc4)c3)cccc21. The molecule has 7 heteroatoms. The smallest absolute Gasteiger partial charge is 0.248 e. The molecule has 0 spiro atoms. The van der Waals surface area contributed by atoms with E-state index in [4.69, 9.17) is 10.8 Å². The third-order valence-electron chi connectivity index (χ3n) is 5.79. The van der Waals surface area contributed by atoms with Gasteiger partial charge in [0.2, 0.25) is 5.91 Å². The summed E-state index contributed by atoms with van der Waals surface area (Å²) in [6, 6.07) is 15.5. The van der Waals surface area contributed by atoms with Gasteiger partial charge in [0.05, 0.1) is 34.6 Å². The molecule has 3 aromatic heterocycles. The number of hydrogen-bond acceptors (Lipinski definition) is 4. The van der Waals surface area contributed by atoms with Gasteiger partial charge in [-0.25, -0.2) is 9.67 Å². The molecule has 164 valence electrons. The molecule has 0 saturated carbocycles. The van der Waals surface area contributed by atoms with Gasteiger partial charge in [-0.1, -0.05) is 19.9 Å². The fourth-order valence-corrected chi connectivity index (χ4v) is 4.15. The molecular weight excluding hydrogens is 412 g/mol. The summed E-state index contributed by atoms with van der Waals surface area (Å²) in [6.07, 6.45) is 7.40. The minimum absolute atomic E-state index is 0.210. The lowest BCUT2D eigenvalue weighted by molar-refractivity contribution is 0.1000. The van der Waals surface area contributed by atoms with Crippen LogP contribution in [-0.2, 0) is 0 Å². The van der Waals surface area contributed by atoms with Crippen LogP contribution < -0.4 is 5.73 Å². The van der Waals surface area contributed by atoms with Crippen molar-refractivity contribution in [3.8, 4) is 22.6 Å². The normalized spacial score (nSPS) is 11.4. The molecule has 1 amide bonds. The van der Waals surface area contributed by atoms with Gasteiger partial charge < -0.3 is 10.3 Å². The molecule has 0 fully saturated rings. The molecule has 3 heterocycles. The Kier molecular flexibility index (Phi) is 5.01. The molecule has 5 rings (SSSR count). The molecular formula is C26H24N6O. The Morgan fingerprint density at radius 3 is 2.61 bits per heavy atom. The molecule has 0 saturated heterocycles. The van der Waals surface area contributed by atoms with Crippen LogP contribution in [0.2, 0.25) is 0 Å². The number of aryl methyl sites for hydroxylation is 1. The van der Waals surface area contributed by atoms with Crippen LogP contribution in [0.3, 0.4) is 0 Å². The zero-order valence-corrected chi connectivity index (χ0v) is 18.7. The fraction of sp³-hybridized carbons (Fsp3) is 0.154. The zero-order valence-electron chi connectivity index (χ0n) is 18.7. The first-order chi connectivity index (χ1) is 15.9. The van der Waals surface area contributed by atoms with Crippen molar-refractivity contribution in [2.45, 2.75) is 26.7 Å². The van der Waals surface area contributed by atoms with Crippen LogP contribution in [0.15, 0.2) is 73.4 Å². The van der Waals surface area contributed by atoms with Gasteiger partial charge in [0, 0.05) is 35.1 Å². The number of carbonyl (C=O) groups excluding carboxylic acids is 1. The van der Waals surface area contributed by atoms with E-state index < -0.39 is 5.91 Å². The van der Waals surface area contributed by atoms with Crippen LogP contribution in [-0.4, -0.2) is 30.2 Å². The Hall–Kier alpha value is -4.26. The number of fused-ring (bicyclic) bond motifs is 1. The summed E-state index contributed by atoms with van der Waals surface area (Å²) in [6.45, 7) is 6.24. The lowest BCUT2D eigenvalue weighted by Crippen LogP contribution is -2.11. The van der Waals surface area contributed by atoms with E-state index in [-0.39, 0.29) is 5.92 Å². The molecule has 2 aromatic carbocycles. The molecule has 0 aliphatic carbocycles. The third-order valence-corrected chi connectivity index (χ3v) is 5.79. The molecule has 7 nitrogen and oxygen atoms in total. The number of aromatic nitrogens is 5. The quantitative estimate of drug-likeness (QED) is 0.428. The van der Waals surface area contributed by atoms with Gasteiger partial charge in [0.15, 0.2) is 0 Å². The van der Waals surface area contributed by atoms with E-state index in [0.29, 0.717) is 5.56 Å². The maximum Gasteiger partial charge on any atom is 0.248 e. The number of primary amides is 1. The Morgan fingerprint density at radius 1 is 1.06 bits per heavy atom. The van der Waals surface area contributed by atoms with Gasteiger partial charge in [-0.2, -0.15) is 5.10 Å². The number of imidazole rings is 1. The van der Waals surface area contributed by atoms with Crippen molar-refractivity contribution >= 4 is 16.8 Å². The highest BCUT2D eigenvalue weighted by molar-refractivity contribution is 5.94. The predicted molar refractivity (Wildman–Crippen MR) is 129 cm³/mol. The first-order valence-electron chi connectivity index (χ1n) is 10.8. The molecule has 0 aliphatic rings. The molecule has 2 N–H and O–H groups in total. The van der Waals surface area contributed by atoms with Crippen molar-refractivity contribution in [2.24, 2.45) is 5.73 Å². The number of pyridine rings is 1. The average molecular weight is 437 g/mol. The van der Waals surface area contributed by atoms with Gasteiger partial charge in [-0.05, 0) is 60.9 Å². The number of nitrogens with zero attached hydrogens (tertiary/aromatic N) is 5. The highest BCUT2D eigenvalue weighted by atomic mass is 16.1. The standard InChI is InChI=1S/C26H24N6O/c1-16(2)25-24-22(31-14-20(29-15-31)19-6-5-11-28-13-19)7-4-8-23(24)32(30-25)21-10-9-18(26(27)33)12-17(21)3/h4-16H,1-3H3,(H2,27,33). The number of benzene rings is 2. The van der Waals surface area contributed by atoms with Crippen LogP contribution in [0.5, 0.6) is 0 Å². The molecule has 0 unspecified atom stereocenters. The predicted octanol–water partition coefficient (Wildman–Crippen LogP) is 4.80. The van der Waals surface area contributed by atoms with E-state index in [1.54, 1.807) is 18.3 Å². The van der Waals surface area contributed by atoms with E-state index in [1.165, 1.54) is 0 Å². The minimum atomic E-state index is -0.440. The summed E-state index contributed by atoms with van der Waals surface area (Å²) in [5.41, 5.74) is 12.6. The maximum atomic E-state index is 11.6. The van der Waals surface area contributed by atoms with Gasteiger partial charge in [0.25, 0.3) is 0 Å². The van der Waals surface area contributed by atoms with E-state index in [9.17, 15) is 4.79 Å². The summed E-state index contributed by atoms with van der Waals surface area (Å²) in [7, 11) is 0. The average Bonchev–Trinajstić information content (AvgIpc) is 3.45. The summed E-state index contributed by atoms with van der Waals surface area (Å²) in [5, 5.41) is 6.07. The van der Waals surface area contributed by atoms with E-state index in [1.807, 2.05) is 59.2 Å². The van der Waals surface area contributed by atoms with E-state index in [0.717, 1.165) is 44.8 Å². The van der Waals surface area contributed by atoms with Crippen molar-refractivity contribution in [3.05, 3.63) is 90.3 Å². The second kappa shape index (κ2) is 8.02. The second-order valence-corrected chi connectivity index (χ2v) is 8.40. The zero-order chi connectivity index (χ0) is 23.1.